The predicted molar refractivity (Wildman–Crippen MR) is 76.6 cm³/mol. The zero-order valence-corrected chi connectivity index (χ0v) is 13.1. The maximum Gasteiger partial charge on any atom is 0.250 e. The lowest BCUT2D eigenvalue weighted by atomic mass is 10.3. The molecule has 104 valence electrons. The Morgan fingerprint density at radius 3 is 2.39 bits per heavy atom. The van der Waals surface area contributed by atoms with Crippen LogP contribution in [0.5, 0.6) is 0 Å². The molecule has 0 saturated carbocycles. The molecule has 1 aromatic rings. The number of hydrogen-bond acceptors (Lipinski definition) is 4. The van der Waals surface area contributed by atoms with E-state index in [1.54, 1.807) is 6.07 Å². The fourth-order valence-corrected chi connectivity index (χ4v) is 4.28. The number of nitrogens with zero attached hydrogens (tertiary/aromatic N) is 1. The summed E-state index contributed by atoms with van der Waals surface area (Å²) in [7, 11) is -3.34. The molecule has 18 heavy (non-hydrogen) atoms. The van der Waals surface area contributed by atoms with Gasteiger partial charge in [-0.25, -0.2) is 13.1 Å². The van der Waals surface area contributed by atoms with E-state index < -0.39 is 10.0 Å². The van der Waals surface area contributed by atoms with Crippen molar-refractivity contribution in [1.29, 1.82) is 0 Å². The van der Waals surface area contributed by atoms with Crippen LogP contribution in [0.1, 0.15) is 25.6 Å². The second-order valence-electron chi connectivity index (χ2n) is 4.29. The van der Waals surface area contributed by atoms with Crippen molar-refractivity contribution in [2.24, 2.45) is 0 Å². The second-order valence-corrected chi connectivity index (χ2v) is 7.57. The molecule has 1 heterocycles. The molecule has 1 aromatic heterocycles. The molecule has 0 aliphatic rings. The monoisotopic (exact) mass is 290 g/mol. The Morgan fingerprint density at radius 1 is 1.33 bits per heavy atom. The lowest BCUT2D eigenvalue weighted by Crippen LogP contribution is -2.41. The van der Waals surface area contributed by atoms with Crippen LogP contribution in [0.15, 0.2) is 16.3 Å². The molecule has 0 radical (unpaired) electrons. The minimum atomic E-state index is -3.34. The highest BCUT2D eigenvalue weighted by atomic mass is 32.2. The highest BCUT2D eigenvalue weighted by Crippen LogP contribution is 2.20. The van der Waals surface area contributed by atoms with E-state index in [2.05, 4.69) is 23.5 Å². The topological polar surface area (TPSA) is 49.4 Å². The third-order valence-electron chi connectivity index (χ3n) is 2.99. The van der Waals surface area contributed by atoms with E-state index in [1.807, 2.05) is 19.9 Å². The minimum absolute atomic E-state index is 0.204. The Hall–Kier alpha value is -0.430. The minimum Gasteiger partial charge on any atom is -0.300 e. The van der Waals surface area contributed by atoms with Crippen LogP contribution < -0.4 is 4.72 Å². The van der Waals surface area contributed by atoms with Gasteiger partial charge in [-0.05, 0) is 39.1 Å². The van der Waals surface area contributed by atoms with Crippen molar-refractivity contribution in [3.8, 4) is 0 Å². The molecule has 1 rings (SSSR count). The van der Waals surface area contributed by atoms with Crippen LogP contribution in [-0.4, -0.2) is 39.0 Å². The summed E-state index contributed by atoms with van der Waals surface area (Å²) in [6.07, 6.45) is 0. The first-order chi connectivity index (χ1) is 8.40. The summed E-state index contributed by atoms with van der Waals surface area (Å²) >= 11 is 1.30. The molecular weight excluding hydrogens is 268 g/mol. The third kappa shape index (κ3) is 4.05. The molecule has 0 amide bonds. The highest BCUT2D eigenvalue weighted by molar-refractivity contribution is 7.91. The summed E-state index contributed by atoms with van der Waals surface area (Å²) in [5.74, 6) is 0. The Labute approximate surface area is 114 Å². The summed E-state index contributed by atoms with van der Waals surface area (Å²) in [4.78, 5) is 3.23. The lowest BCUT2D eigenvalue weighted by Gasteiger charge is -2.26. The van der Waals surface area contributed by atoms with Crippen molar-refractivity contribution in [1.82, 2.24) is 9.62 Å². The van der Waals surface area contributed by atoms with Crippen LogP contribution in [0.2, 0.25) is 0 Å². The third-order valence-corrected chi connectivity index (χ3v) is 5.90. The van der Waals surface area contributed by atoms with E-state index in [4.69, 9.17) is 0 Å². The molecule has 4 nitrogen and oxygen atoms in total. The summed E-state index contributed by atoms with van der Waals surface area (Å²) in [5.41, 5.74) is 0. The lowest BCUT2D eigenvalue weighted by molar-refractivity contribution is 0.232. The first kappa shape index (κ1) is 15.6. The highest BCUT2D eigenvalue weighted by Gasteiger charge is 2.18. The van der Waals surface area contributed by atoms with E-state index in [0.717, 1.165) is 18.0 Å². The number of aryl methyl sites for hydroxylation is 1. The second kappa shape index (κ2) is 6.65. The molecule has 1 unspecified atom stereocenters. The largest absolute Gasteiger partial charge is 0.300 e. The Kier molecular flexibility index (Phi) is 5.78. The molecule has 0 aromatic carbocycles. The van der Waals surface area contributed by atoms with Gasteiger partial charge in [-0.1, -0.05) is 13.8 Å². The summed E-state index contributed by atoms with van der Waals surface area (Å²) in [5, 5.41) is 0. The van der Waals surface area contributed by atoms with Crippen molar-refractivity contribution in [3.63, 3.8) is 0 Å². The van der Waals surface area contributed by atoms with Crippen molar-refractivity contribution in [3.05, 3.63) is 17.0 Å². The molecule has 0 aliphatic carbocycles. The molecule has 0 aliphatic heterocycles. The van der Waals surface area contributed by atoms with Gasteiger partial charge in [0.2, 0.25) is 10.0 Å². The summed E-state index contributed by atoms with van der Waals surface area (Å²) in [6, 6.07) is 3.69. The van der Waals surface area contributed by atoms with E-state index in [1.165, 1.54) is 11.3 Å². The van der Waals surface area contributed by atoms with Gasteiger partial charge in [-0.3, -0.25) is 4.90 Å². The van der Waals surface area contributed by atoms with E-state index in [-0.39, 0.29) is 6.04 Å². The van der Waals surface area contributed by atoms with E-state index in [0.29, 0.717) is 10.8 Å². The van der Waals surface area contributed by atoms with Crippen LogP contribution in [0.25, 0.3) is 0 Å². The molecule has 0 saturated heterocycles. The van der Waals surface area contributed by atoms with Crippen LogP contribution >= 0.6 is 11.3 Å². The summed E-state index contributed by atoms with van der Waals surface area (Å²) < 4.78 is 27.1. The standard InChI is InChI=1S/C12H22N2O2S2/c1-5-14(6-2)10(3)9-13-18(15,16)12-8-7-11(4)17-12/h7-8,10,13H,5-6,9H2,1-4H3. The number of likely N-dealkylation sites (N-methyl/N-ethyl adjacent to an activating group) is 1. The molecule has 1 N–H and O–H groups in total. The van der Waals surface area contributed by atoms with Crippen molar-refractivity contribution in [2.45, 2.75) is 37.9 Å². The Bertz CT molecular complexity index is 464. The molecule has 1 atom stereocenters. The molecular formula is C12H22N2O2S2. The van der Waals surface area contributed by atoms with Gasteiger partial charge in [-0.2, -0.15) is 0 Å². The van der Waals surface area contributed by atoms with Crippen molar-refractivity contribution < 1.29 is 8.42 Å². The van der Waals surface area contributed by atoms with Crippen LogP contribution in [0, 0.1) is 6.92 Å². The number of nitrogens with one attached hydrogen (secondary N) is 1. The van der Waals surface area contributed by atoms with E-state index >= 15 is 0 Å². The molecule has 0 spiro atoms. The van der Waals surface area contributed by atoms with Gasteiger partial charge in [0.25, 0.3) is 0 Å². The zero-order valence-electron chi connectivity index (χ0n) is 11.4. The zero-order chi connectivity index (χ0) is 13.8. The first-order valence-electron chi connectivity index (χ1n) is 6.20. The van der Waals surface area contributed by atoms with Crippen LogP contribution in [0.4, 0.5) is 0 Å². The average molecular weight is 290 g/mol. The average Bonchev–Trinajstić information content (AvgIpc) is 2.76. The number of thiophene rings is 1. The van der Waals surface area contributed by atoms with Crippen LogP contribution in [0.3, 0.4) is 0 Å². The SMILES string of the molecule is CCN(CC)C(C)CNS(=O)(=O)c1ccc(C)s1. The van der Waals surface area contributed by atoms with Crippen LogP contribution in [-0.2, 0) is 10.0 Å². The Balaban J connectivity index is 2.62. The molecule has 6 heteroatoms. The number of rotatable bonds is 7. The van der Waals surface area contributed by atoms with Crippen molar-refractivity contribution in [2.75, 3.05) is 19.6 Å². The first-order valence-corrected chi connectivity index (χ1v) is 8.50. The smallest absolute Gasteiger partial charge is 0.250 e. The maximum absolute atomic E-state index is 12.0. The number of hydrogen-bond donors (Lipinski definition) is 1. The fourth-order valence-electron chi connectivity index (χ4n) is 1.83. The molecule has 0 fully saturated rings. The van der Waals surface area contributed by atoms with Gasteiger partial charge in [0.15, 0.2) is 0 Å². The van der Waals surface area contributed by atoms with Gasteiger partial charge < -0.3 is 0 Å². The maximum atomic E-state index is 12.0. The van der Waals surface area contributed by atoms with E-state index in [9.17, 15) is 8.42 Å². The van der Waals surface area contributed by atoms with Gasteiger partial charge in [0.1, 0.15) is 4.21 Å². The van der Waals surface area contributed by atoms with Gasteiger partial charge in [-0.15, -0.1) is 11.3 Å². The quantitative estimate of drug-likeness (QED) is 0.836. The Morgan fingerprint density at radius 2 is 1.94 bits per heavy atom. The predicted octanol–water partition coefficient (Wildman–Crippen LogP) is 2.07. The number of sulfonamides is 1. The van der Waals surface area contributed by atoms with Gasteiger partial charge in [0.05, 0.1) is 0 Å². The normalized spacial score (nSPS) is 14.1. The van der Waals surface area contributed by atoms with Gasteiger partial charge in [0, 0.05) is 17.5 Å². The fraction of sp³-hybridized carbons (Fsp3) is 0.667. The summed E-state index contributed by atoms with van der Waals surface area (Å²) in [6.45, 7) is 10.4. The van der Waals surface area contributed by atoms with Crippen molar-refractivity contribution >= 4 is 21.4 Å². The molecule has 0 bridgehead atoms. The van der Waals surface area contributed by atoms with Gasteiger partial charge >= 0.3 is 0 Å².